The third-order valence-corrected chi connectivity index (χ3v) is 8.90. The molecule has 5 rings (SSSR count). The SMILES string of the molecule is COc1ncc(-c2cc(F)cc(-c3ccc(N(C=O)/C=C\N(C)C)c(Cl)c3)c2O)cc1N1CCN(C(C)(C)C2CC2)CC1. The van der Waals surface area contributed by atoms with Crippen molar-refractivity contribution < 1.29 is 19.0 Å². The summed E-state index contributed by atoms with van der Waals surface area (Å²) in [5, 5.41) is 11.7. The second-order valence-electron chi connectivity index (χ2n) is 11.9. The highest BCUT2D eigenvalue weighted by Gasteiger charge is 2.42. The van der Waals surface area contributed by atoms with Crippen LogP contribution in [0.15, 0.2) is 55.0 Å². The van der Waals surface area contributed by atoms with E-state index < -0.39 is 5.82 Å². The maximum atomic E-state index is 15.1. The number of amides is 1. The van der Waals surface area contributed by atoms with Gasteiger partial charge in [-0.3, -0.25) is 14.6 Å². The van der Waals surface area contributed by atoms with Crippen LogP contribution in [0.1, 0.15) is 26.7 Å². The Labute approximate surface area is 257 Å². The van der Waals surface area contributed by atoms with Gasteiger partial charge in [0.2, 0.25) is 12.3 Å². The van der Waals surface area contributed by atoms with Crippen LogP contribution in [-0.2, 0) is 4.79 Å². The maximum Gasteiger partial charge on any atom is 0.237 e. The molecule has 0 atom stereocenters. The number of anilines is 2. The molecule has 0 spiro atoms. The van der Waals surface area contributed by atoms with E-state index in [1.54, 1.807) is 48.8 Å². The monoisotopic (exact) mass is 607 g/mol. The molecule has 43 heavy (non-hydrogen) atoms. The number of phenols is 1. The first kappa shape index (κ1) is 30.6. The number of carbonyl (C=O) groups is 1. The Hall–Kier alpha value is -3.82. The van der Waals surface area contributed by atoms with Gasteiger partial charge in [-0.25, -0.2) is 9.37 Å². The van der Waals surface area contributed by atoms with Gasteiger partial charge in [0.05, 0.1) is 17.8 Å². The molecule has 1 aromatic heterocycles. The van der Waals surface area contributed by atoms with Crippen LogP contribution in [0.3, 0.4) is 0 Å². The zero-order valence-corrected chi connectivity index (χ0v) is 26.1. The van der Waals surface area contributed by atoms with Gasteiger partial charge in [-0.15, -0.1) is 0 Å². The average molecular weight is 608 g/mol. The van der Waals surface area contributed by atoms with E-state index in [9.17, 15) is 9.90 Å². The zero-order valence-electron chi connectivity index (χ0n) is 25.3. The molecule has 2 aromatic carbocycles. The Morgan fingerprint density at radius 1 is 1.05 bits per heavy atom. The number of phenolic OH excluding ortho intramolecular Hbond substituents is 1. The molecule has 2 heterocycles. The van der Waals surface area contributed by atoms with E-state index in [0.29, 0.717) is 34.7 Å². The molecule has 10 heteroatoms. The molecule has 0 radical (unpaired) electrons. The highest BCUT2D eigenvalue weighted by atomic mass is 35.5. The number of hydrogen-bond acceptors (Lipinski definition) is 7. The number of rotatable bonds is 10. The number of pyridine rings is 1. The third kappa shape index (κ3) is 6.43. The number of halogens is 2. The Kier molecular flexibility index (Phi) is 8.85. The Morgan fingerprint density at radius 3 is 2.30 bits per heavy atom. The van der Waals surface area contributed by atoms with Gasteiger partial charge in [0, 0.05) is 81.1 Å². The number of aromatic hydroxyl groups is 1. The number of carbonyl (C=O) groups excluding carboxylic acids is 1. The van der Waals surface area contributed by atoms with Crippen molar-refractivity contribution in [1.29, 1.82) is 0 Å². The zero-order chi connectivity index (χ0) is 30.9. The minimum atomic E-state index is -0.514. The van der Waals surface area contributed by atoms with Crippen LogP contribution in [-0.4, -0.2) is 79.2 Å². The van der Waals surface area contributed by atoms with Crippen molar-refractivity contribution in [3.8, 4) is 33.9 Å². The third-order valence-electron chi connectivity index (χ3n) is 8.60. The molecule has 1 N–H and O–H groups in total. The van der Waals surface area contributed by atoms with Crippen LogP contribution in [0.25, 0.3) is 22.3 Å². The summed E-state index contributed by atoms with van der Waals surface area (Å²) in [7, 11) is 5.27. The lowest BCUT2D eigenvalue weighted by atomic mass is 9.95. The van der Waals surface area contributed by atoms with E-state index in [4.69, 9.17) is 16.3 Å². The largest absolute Gasteiger partial charge is 0.507 e. The first-order valence-corrected chi connectivity index (χ1v) is 14.9. The lowest BCUT2D eigenvalue weighted by molar-refractivity contribution is -0.107. The summed E-state index contributed by atoms with van der Waals surface area (Å²) in [6, 6.07) is 9.44. The van der Waals surface area contributed by atoms with E-state index in [-0.39, 0.29) is 21.9 Å². The number of ether oxygens (including phenoxy) is 1. The van der Waals surface area contributed by atoms with E-state index >= 15 is 4.39 Å². The van der Waals surface area contributed by atoms with Crippen molar-refractivity contribution >= 4 is 29.4 Å². The molecule has 1 aliphatic heterocycles. The van der Waals surface area contributed by atoms with Crippen LogP contribution in [0.5, 0.6) is 11.6 Å². The standard InChI is InChI=1S/C33H39ClFN5O3/c1-33(2,24-7-8-24)40-14-12-38(13-15-40)30-17-23(20-36-32(30)43-5)27-19-25(35)18-26(31(27)42)22-6-9-29(28(34)16-22)39(21-41)11-10-37(3)4/h6,9-11,16-21,24,42H,7-8,12-15H2,1-5H3/b11-10-. The molecular formula is C33H39ClFN5O3. The van der Waals surface area contributed by atoms with Gasteiger partial charge in [-0.2, -0.15) is 0 Å². The molecule has 1 saturated carbocycles. The highest BCUT2D eigenvalue weighted by Crippen LogP contribution is 2.45. The first-order valence-electron chi connectivity index (χ1n) is 14.5. The van der Waals surface area contributed by atoms with Gasteiger partial charge in [0.15, 0.2) is 0 Å². The van der Waals surface area contributed by atoms with Gasteiger partial charge in [-0.1, -0.05) is 17.7 Å². The van der Waals surface area contributed by atoms with Crippen molar-refractivity contribution in [1.82, 2.24) is 14.8 Å². The number of hydrogen-bond donors (Lipinski definition) is 1. The summed E-state index contributed by atoms with van der Waals surface area (Å²) in [4.78, 5) is 24.2. The maximum absolute atomic E-state index is 15.1. The van der Waals surface area contributed by atoms with E-state index in [0.717, 1.165) is 37.8 Å². The van der Waals surface area contributed by atoms with Crippen LogP contribution < -0.4 is 14.5 Å². The van der Waals surface area contributed by atoms with Crippen molar-refractivity contribution in [3.05, 3.63) is 65.8 Å². The fourth-order valence-corrected chi connectivity index (χ4v) is 6.12. The lowest BCUT2D eigenvalue weighted by Crippen LogP contribution is -2.55. The van der Waals surface area contributed by atoms with Crippen LogP contribution in [0.2, 0.25) is 5.02 Å². The first-order chi connectivity index (χ1) is 20.5. The van der Waals surface area contributed by atoms with Gasteiger partial charge in [0.1, 0.15) is 17.3 Å². The fraction of sp³-hybridized carbons (Fsp3) is 0.394. The summed E-state index contributed by atoms with van der Waals surface area (Å²) >= 11 is 6.56. The predicted molar refractivity (Wildman–Crippen MR) is 170 cm³/mol. The molecule has 3 aromatic rings. The molecule has 228 valence electrons. The quantitative estimate of drug-likeness (QED) is 0.274. The smallest absolute Gasteiger partial charge is 0.237 e. The number of aromatic nitrogens is 1. The number of nitrogens with zero attached hydrogens (tertiary/aromatic N) is 5. The number of piperazine rings is 1. The van der Waals surface area contributed by atoms with Gasteiger partial charge in [0.25, 0.3) is 0 Å². The molecule has 1 amide bonds. The van der Waals surface area contributed by atoms with Gasteiger partial charge >= 0.3 is 0 Å². The summed E-state index contributed by atoms with van der Waals surface area (Å²) in [5.41, 5.74) is 3.11. The van der Waals surface area contributed by atoms with Gasteiger partial charge in [-0.05, 0) is 68.5 Å². The van der Waals surface area contributed by atoms with Crippen LogP contribution in [0.4, 0.5) is 15.8 Å². The Balaban J connectivity index is 1.45. The predicted octanol–water partition coefficient (Wildman–Crippen LogP) is 6.23. The molecule has 1 aliphatic carbocycles. The van der Waals surface area contributed by atoms with Crippen molar-refractivity contribution in [2.45, 2.75) is 32.2 Å². The second kappa shape index (κ2) is 12.4. The minimum absolute atomic E-state index is 0.0983. The van der Waals surface area contributed by atoms with E-state index in [1.165, 1.54) is 29.9 Å². The van der Waals surface area contributed by atoms with E-state index in [1.807, 2.05) is 20.2 Å². The summed E-state index contributed by atoms with van der Waals surface area (Å²) < 4.78 is 20.7. The van der Waals surface area contributed by atoms with E-state index in [2.05, 4.69) is 28.6 Å². The molecule has 0 bridgehead atoms. The normalized spacial score (nSPS) is 16.0. The molecule has 2 aliphatic rings. The number of benzene rings is 2. The van der Waals surface area contributed by atoms with Crippen LogP contribution >= 0.6 is 11.6 Å². The topological polar surface area (TPSA) is 72.4 Å². The van der Waals surface area contributed by atoms with Crippen molar-refractivity contribution in [3.63, 3.8) is 0 Å². The number of methoxy groups -OCH3 is 1. The summed E-state index contributed by atoms with van der Waals surface area (Å²) in [6.45, 7) is 8.16. The molecule has 1 saturated heterocycles. The van der Waals surface area contributed by atoms with Crippen molar-refractivity contribution in [2.24, 2.45) is 5.92 Å². The van der Waals surface area contributed by atoms with Crippen LogP contribution in [0, 0.1) is 11.7 Å². The minimum Gasteiger partial charge on any atom is -0.507 e. The Bertz CT molecular complexity index is 1520. The highest BCUT2D eigenvalue weighted by molar-refractivity contribution is 6.34. The molecule has 2 fully saturated rings. The summed E-state index contributed by atoms with van der Waals surface area (Å²) in [5.74, 6) is 0.637. The van der Waals surface area contributed by atoms with Gasteiger partial charge < -0.3 is 19.6 Å². The fourth-order valence-electron chi connectivity index (χ4n) is 5.84. The molecule has 0 unspecified atom stereocenters. The summed E-state index contributed by atoms with van der Waals surface area (Å²) in [6.07, 6.45) is 8.15. The van der Waals surface area contributed by atoms with Crippen molar-refractivity contribution in [2.75, 3.05) is 57.2 Å². The second-order valence-corrected chi connectivity index (χ2v) is 12.4. The average Bonchev–Trinajstić information content (AvgIpc) is 3.85. The Morgan fingerprint density at radius 2 is 1.72 bits per heavy atom. The lowest BCUT2D eigenvalue weighted by Gasteiger charge is -2.45. The molecule has 8 nitrogen and oxygen atoms in total. The molecular weight excluding hydrogens is 569 g/mol.